The van der Waals surface area contributed by atoms with E-state index in [1.165, 1.54) is 0 Å². The first kappa shape index (κ1) is 73.8. The van der Waals surface area contributed by atoms with Crippen LogP contribution in [0.3, 0.4) is 0 Å². The molecular formula is C38H112N2O15Si16. The smallest absolute Gasteiger partial charge is 0.314 e. The van der Waals surface area contributed by atoms with Gasteiger partial charge in [-0.15, -0.1) is 0 Å². The molecule has 0 spiro atoms. The van der Waals surface area contributed by atoms with Crippen LogP contribution in [0.1, 0.15) is 12.8 Å². The van der Waals surface area contributed by atoms with Crippen LogP contribution in [-0.4, -0.2) is 150 Å². The van der Waals surface area contributed by atoms with Gasteiger partial charge in [0.25, 0.3) is 0 Å². The summed E-state index contributed by atoms with van der Waals surface area (Å²) >= 11 is 0. The van der Waals surface area contributed by atoms with Crippen LogP contribution in [0.15, 0.2) is 0 Å². The second-order valence-electron chi connectivity index (χ2n) is 26.4. The van der Waals surface area contributed by atoms with E-state index in [1.807, 2.05) is 0 Å². The van der Waals surface area contributed by atoms with E-state index in [2.05, 4.69) is 210 Å². The highest BCUT2D eigenvalue weighted by molar-refractivity contribution is 6.95. The first-order chi connectivity index (χ1) is 30.7. The predicted octanol–water partition coefficient (Wildman–Crippen LogP) is 12.2. The fourth-order valence-corrected chi connectivity index (χ4v) is 93.2. The van der Waals surface area contributed by atoms with Crippen molar-refractivity contribution in [2.45, 2.75) is 234 Å². The molecule has 0 rings (SSSR count). The van der Waals surface area contributed by atoms with Gasteiger partial charge in [-0.1, -0.05) is 0 Å². The molecule has 0 aromatic carbocycles. The molecule has 4 N–H and O–H groups in total. The van der Waals surface area contributed by atoms with E-state index >= 15 is 0 Å². The van der Waals surface area contributed by atoms with Crippen LogP contribution in [0.2, 0.25) is 222 Å². The first-order valence-electron chi connectivity index (χ1n) is 25.6. The minimum atomic E-state index is -2.82. The SMILES string of the molecule is C[Si](C)(CCCN)O[Si](C)(C)O[Si](C)(C)O[Si](C)(C)O[Si](C)(C)O[Si](C)(C)O[Si](C)(C)O[Si](C)(C)O[Si](C)(C)O[Si](C)(C)O[Si](C)(C)O[Si](C)(C)O[Si](C)(C)O[Si](C)(C)O[Si](C)(C)O[Si](C)(C)CCCN. The molecule has 33 heteroatoms. The van der Waals surface area contributed by atoms with Gasteiger partial charge in [0.15, 0.2) is 16.6 Å². The lowest BCUT2D eigenvalue weighted by molar-refractivity contribution is 0.251. The maximum Gasteiger partial charge on any atom is 0.314 e. The summed E-state index contributed by atoms with van der Waals surface area (Å²) in [5.74, 6) is 0. The third-order valence-electron chi connectivity index (χ3n) is 9.40. The molecule has 0 bridgehead atoms. The van der Waals surface area contributed by atoms with Crippen molar-refractivity contribution >= 4 is 136 Å². The van der Waals surface area contributed by atoms with E-state index in [9.17, 15) is 0 Å². The standard InChI is InChI=1S/C38H112N2O15Si16/c1-56(2,37-33-35-39)41-58(5,6)43-60(9,10)45-62(13,14)47-64(17,18)49-66(21,22)51-68(25,26)53-70(29,30)55-71(31,32)54-69(27,28)52-67(23,24)50-65(19,20)48-63(15,16)46-61(11,12)44-59(7,8)42-57(3,4)38-34-36-40/h33-40H2,1-32H3. The van der Waals surface area contributed by atoms with Gasteiger partial charge in [0, 0.05) is 0 Å². The fraction of sp³-hybridized carbons (Fsp3) is 1.00. The minimum absolute atomic E-state index is 0.667. The number of rotatable bonds is 36. The first-order valence-corrected chi connectivity index (χ1v) is 71.3. The predicted molar refractivity (Wildman–Crippen MR) is 333 cm³/mol. The van der Waals surface area contributed by atoms with Gasteiger partial charge in [-0.05, 0) is 248 Å². The molecule has 0 aromatic rings. The fourth-order valence-electron chi connectivity index (χ4n) is 10.5. The lowest BCUT2D eigenvalue weighted by Crippen LogP contribution is -2.63. The van der Waals surface area contributed by atoms with Crippen LogP contribution in [0.5, 0.6) is 0 Å². The summed E-state index contributed by atoms with van der Waals surface area (Å²) in [6.07, 6.45) is 1.92. The van der Waals surface area contributed by atoms with Crippen LogP contribution < -0.4 is 11.5 Å². The topological polar surface area (TPSA) is 190 Å². The normalized spacial score (nSPS) is 15.8. The Bertz CT molecular complexity index is 1540. The van der Waals surface area contributed by atoms with E-state index in [-0.39, 0.29) is 0 Å². The molecule has 0 radical (unpaired) electrons. The maximum absolute atomic E-state index is 6.91. The van der Waals surface area contributed by atoms with Gasteiger partial charge in [0.05, 0.1) is 0 Å². The molecule has 0 aliphatic heterocycles. The van der Waals surface area contributed by atoms with E-state index < -0.39 is 136 Å². The molecule has 0 aliphatic carbocycles. The quantitative estimate of drug-likeness (QED) is 0.0563. The van der Waals surface area contributed by atoms with Crippen LogP contribution >= 0.6 is 0 Å². The third-order valence-corrected chi connectivity index (χ3v) is 72.0. The lowest BCUT2D eigenvalue weighted by atomic mass is 10.5. The van der Waals surface area contributed by atoms with Crippen LogP contribution in [-0.2, 0) is 61.7 Å². The van der Waals surface area contributed by atoms with Crippen molar-refractivity contribution in [3.8, 4) is 0 Å². The van der Waals surface area contributed by atoms with Crippen LogP contribution in [0.25, 0.3) is 0 Å². The molecule has 71 heavy (non-hydrogen) atoms. The largest absolute Gasteiger partial charge is 0.436 e. The maximum atomic E-state index is 6.91. The molecule has 0 saturated carbocycles. The molecule has 0 aliphatic rings. The molecule has 0 heterocycles. The van der Waals surface area contributed by atoms with Crippen LogP contribution in [0, 0.1) is 0 Å². The van der Waals surface area contributed by atoms with Crippen molar-refractivity contribution in [1.82, 2.24) is 0 Å². The summed E-state index contributed by atoms with van der Waals surface area (Å²) in [7, 11) is -42.0. The number of hydrogen-bond donors (Lipinski definition) is 2. The van der Waals surface area contributed by atoms with Crippen molar-refractivity contribution < 1.29 is 61.7 Å². The van der Waals surface area contributed by atoms with Crippen LogP contribution in [0.4, 0.5) is 0 Å². The second kappa shape index (κ2) is 26.1. The van der Waals surface area contributed by atoms with Gasteiger partial charge in [-0.25, -0.2) is 0 Å². The Hall–Kier alpha value is 2.79. The second-order valence-corrected chi connectivity index (χ2v) is 85.9. The van der Waals surface area contributed by atoms with Gasteiger partial charge in [-0.3, -0.25) is 0 Å². The molecule has 0 atom stereocenters. The van der Waals surface area contributed by atoms with Crippen molar-refractivity contribution in [3.05, 3.63) is 0 Å². The molecule has 0 aromatic heterocycles. The Morgan fingerprint density at radius 1 is 0.183 bits per heavy atom. The van der Waals surface area contributed by atoms with E-state index in [0.717, 1.165) is 24.9 Å². The van der Waals surface area contributed by atoms with Crippen molar-refractivity contribution in [2.24, 2.45) is 11.5 Å². The number of hydrogen-bond acceptors (Lipinski definition) is 17. The lowest BCUT2D eigenvalue weighted by Gasteiger charge is -2.45. The summed E-state index contributed by atoms with van der Waals surface area (Å²) in [6, 6.07) is 2.01. The Morgan fingerprint density at radius 2 is 0.282 bits per heavy atom. The number of nitrogens with two attached hydrogens (primary N) is 2. The third kappa shape index (κ3) is 34.5. The average molecular weight is 1290 g/mol. The summed E-state index contributed by atoms with van der Waals surface area (Å²) in [5.41, 5.74) is 11.6. The summed E-state index contributed by atoms with van der Waals surface area (Å²) in [6.45, 7) is 68.4. The Balaban J connectivity index is 5.73. The summed E-state index contributed by atoms with van der Waals surface area (Å²) in [4.78, 5) is 0. The molecule has 0 fully saturated rings. The van der Waals surface area contributed by atoms with Gasteiger partial charge in [0.1, 0.15) is 0 Å². The van der Waals surface area contributed by atoms with E-state index in [4.69, 9.17) is 73.2 Å². The highest BCUT2D eigenvalue weighted by Gasteiger charge is 2.53. The van der Waals surface area contributed by atoms with Crippen molar-refractivity contribution in [2.75, 3.05) is 13.1 Å². The Kier molecular flexibility index (Phi) is 27.2. The zero-order valence-electron chi connectivity index (χ0n) is 51.5. The van der Waals surface area contributed by atoms with Gasteiger partial charge < -0.3 is 73.2 Å². The zero-order valence-corrected chi connectivity index (χ0v) is 67.5. The van der Waals surface area contributed by atoms with Gasteiger partial charge in [0.2, 0.25) is 0 Å². The average Bonchev–Trinajstić information content (AvgIpc) is 2.93. The molecule has 0 amide bonds. The molecule has 0 unspecified atom stereocenters. The summed E-state index contributed by atoms with van der Waals surface area (Å²) < 4.78 is 103. The van der Waals surface area contributed by atoms with Crippen molar-refractivity contribution in [1.29, 1.82) is 0 Å². The Labute approximate surface area is 453 Å². The molecular weight excluding hydrogens is 1170 g/mol. The zero-order chi connectivity index (χ0) is 56.8. The van der Waals surface area contributed by atoms with E-state index in [1.54, 1.807) is 0 Å². The monoisotopic (exact) mass is 1280 g/mol. The van der Waals surface area contributed by atoms with E-state index in [0.29, 0.717) is 13.1 Å². The van der Waals surface area contributed by atoms with Gasteiger partial charge >= 0.3 is 120 Å². The molecule has 0 saturated heterocycles. The highest BCUT2D eigenvalue weighted by Crippen LogP contribution is 2.34. The minimum Gasteiger partial charge on any atom is -0.436 e. The Morgan fingerprint density at radius 3 is 0.380 bits per heavy atom. The molecule has 17 nitrogen and oxygen atoms in total. The highest BCUT2D eigenvalue weighted by atomic mass is 28.5. The summed E-state index contributed by atoms with van der Waals surface area (Å²) in [5, 5.41) is 0. The van der Waals surface area contributed by atoms with Crippen molar-refractivity contribution in [3.63, 3.8) is 0 Å². The van der Waals surface area contributed by atoms with Gasteiger partial charge in [-0.2, -0.15) is 0 Å². The molecule has 428 valence electrons.